The quantitative estimate of drug-likeness (QED) is 0.432. The third-order valence-corrected chi connectivity index (χ3v) is 5.79. The van der Waals surface area contributed by atoms with Gasteiger partial charge in [0.25, 0.3) is 11.8 Å². The van der Waals surface area contributed by atoms with Gasteiger partial charge in [0.15, 0.2) is 0 Å². The molecule has 2 amide bonds. The van der Waals surface area contributed by atoms with E-state index in [1.165, 1.54) is 4.90 Å². The summed E-state index contributed by atoms with van der Waals surface area (Å²) in [4.78, 5) is 27.5. The van der Waals surface area contributed by atoms with Gasteiger partial charge in [-0.25, -0.2) is 0 Å². The van der Waals surface area contributed by atoms with Crippen LogP contribution in [0.1, 0.15) is 5.56 Å². The molecule has 1 aliphatic rings. The van der Waals surface area contributed by atoms with E-state index in [4.69, 9.17) is 0 Å². The Balaban J connectivity index is 1.69. The highest BCUT2D eigenvalue weighted by atomic mass is 79.9. The van der Waals surface area contributed by atoms with Gasteiger partial charge in [-0.05, 0) is 33.6 Å². The van der Waals surface area contributed by atoms with Crippen molar-refractivity contribution in [1.82, 2.24) is 9.47 Å². The summed E-state index contributed by atoms with van der Waals surface area (Å²) in [5, 5.41) is 2.10. The van der Waals surface area contributed by atoms with Crippen molar-refractivity contribution in [3.05, 3.63) is 88.9 Å². The number of halogens is 1. The zero-order valence-corrected chi connectivity index (χ0v) is 16.4. The van der Waals surface area contributed by atoms with Crippen molar-refractivity contribution in [2.45, 2.75) is 6.54 Å². The minimum absolute atomic E-state index is 0.244. The Morgan fingerprint density at radius 1 is 0.679 bits per heavy atom. The molecule has 0 unspecified atom stereocenters. The molecular weight excluding hydrogens is 416 g/mol. The fourth-order valence-corrected chi connectivity index (χ4v) is 4.36. The second-order valence-electron chi connectivity index (χ2n) is 6.71. The molecule has 3 aromatic carbocycles. The highest BCUT2D eigenvalue weighted by Crippen LogP contribution is 2.37. The van der Waals surface area contributed by atoms with Crippen LogP contribution in [0.4, 0.5) is 0 Å². The first-order valence-corrected chi connectivity index (χ1v) is 9.74. The predicted molar refractivity (Wildman–Crippen MR) is 114 cm³/mol. The molecule has 0 N–H and O–H groups in total. The molecule has 0 bridgehead atoms. The minimum atomic E-state index is -0.314. The SMILES string of the molecule is O=C1C(Br)=C(n2c3ccccc3c3ccccc32)C(=O)N1Cc1ccccc1. The summed E-state index contributed by atoms with van der Waals surface area (Å²) in [6.45, 7) is 0.244. The Hall–Kier alpha value is -3.18. The third kappa shape index (κ3) is 2.43. The van der Waals surface area contributed by atoms with E-state index in [2.05, 4.69) is 15.9 Å². The topological polar surface area (TPSA) is 42.3 Å². The van der Waals surface area contributed by atoms with Gasteiger partial charge >= 0.3 is 0 Å². The fourth-order valence-electron chi connectivity index (χ4n) is 3.80. The summed E-state index contributed by atoms with van der Waals surface area (Å²) in [6, 6.07) is 25.4. The number of fused-ring (bicyclic) bond motifs is 3. The van der Waals surface area contributed by atoms with Gasteiger partial charge in [0, 0.05) is 10.8 Å². The Morgan fingerprint density at radius 2 is 1.21 bits per heavy atom. The molecule has 0 fully saturated rings. The van der Waals surface area contributed by atoms with E-state index in [0.29, 0.717) is 10.2 Å². The van der Waals surface area contributed by atoms with E-state index >= 15 is 0 Å². The van der Waals surface area contributed by atoms with Crippen LogP contribution in [-0.4, -0.2) is 21.3 Å². The average molecular weight is 431 g/mol. The number of imide groups is 1. The summed E-state index contributed by atoms with van der Waals surface area (Å²) < 4.78 is 2.18. The van der Waals surface area contributed by atoms with Crippen LogP contribution in [0.3, 0.4) is 0 Å². The first kappa shape index (κ1) is 17.0. The molecule has 0 aliphatic carbocycles. The second kappa shape index (κ2) is 6.46. The lowest BCUT2D eigenvalue weighted by molar-refractivity contribution is -0.137. The summed E-state index contributed by atoms with van der Waals surface area (Å²) in [6.07, 6.45) is 0. The number of amides is 2. The molecule has 0 atom stereocenters. The van der Waals surface area contributed by atoms with Crippen molar-refractivity contribution in [1.29, 1.82) is 0 Å². The number of nitrogens with zero attached hydrogens (tertiary/aromatic N) is 2. The van der Waals surface area contributed by atoms with Crippen LogP contribution in [0.5, 0.6) is 0 Å². The normalized spacial score (nSPS) is 14.7. The van der Waals surface area contributed by atoms with Crippen LogP contribution in [0.15, 0.2) is 83.3 Å². The van der Waals surface area contributed by atoms with E-state index in [1.807, 2.05) is 83.4 Å². The number of hydrogen-bond acceptors (Lipinski definition) is 2. The lowest BCUT2D eigenvalue weighted by atomic mass is 10.2. The van der Waals surface area contributed by atoms with E-state index in [0.717, 1.165) is 27.4 Å². The predicted octanol–water partition coefficient (Wildman–Crippen LogP) is 4.93. The smallest absolute Gasteiger partial charge is 0.279 e. The van der Waals surface area contributed by atoms with Crippen molar-refractivity contribution in [3.8, 4) is 0 Å². The molecule has 0 saturated carbocycles. The van der Waals surface area contributed by atoms with Crippen LogP contribution < -0.4 is 0 Å². The third-order valence-electron chi connectivity index (χ3n) is 5.08. The number of carbonyl (C=O) groups excluding carboxylic acids is 2. The van der Waals surface area contributed by atoms with Crippen LogP contribution >= 0.6 is 15.9 Å². The molecule has 1 aromatic heterocycles. The highest BCUT2D eigenvalue weighted by Gasteiger charge is 2.39. The van der Waals surface area contributed by atoms with E-state index < -0.39 is 0 Å². The molecule has 0 radical (unpaired) electrons. The molecule has 136 valence electrons. The van der Waals surface area contributed by atoms with Gasteiger partial charge in [-0.1, -0.05) is 66.7 Å². The van der Waals surface area contributed by atoms with Crippen LogP contribution in [0.25, 0.3) is 27.5 Å². The fraction of sp³-hybridized carbons (Fsp3) is 0.0435. The monoisotopic (exact) mass is 430 g/mol. The van der Waals surface area contributed by atoms with Gasteiger partial charge in [-0.15, -0.1) is 0 Å². The van der Waals surface area contributed by atoms with Crippen LogP contribution in [0, 0.1) is 0 Å². The Kier molecular flexibility index (Phi) is 3.91. The lowest BCUT2D eigenvalue weighted by Crippen LogP contribution is -2.31. The first-order chi connectivity index (χ1) is 13.7. The molecule has 2 heterocycles. The summed E-state index contributed by atoms with van der Waals surface area (Å²) in [7, 11) is 0. The van der Waals surface area contributed by atoms with Crippen molar-refractivity contribution >= 4 is 55.2 Å². The van der Waals surface area contributed by atoms with Gasteiger partial charge in [0.05, 0.1) is 17.6 Å². The number of benzene rings is 3. The Labute approximate surface area is 169 Å². The van der Waals surface area contributed by atoms with Gasteiger partial charge in [0.1, 0.15) is 10.2 Å². The molecule has 1 aliphatic heterocycles. The van der Waals surface area contributed by atoms with Gasteiger partial charge in [-0.2, -0.15) is 0 Å². The minimum Gasteiger partial charge on any atom is -0.303 e. The maximum atomic E-state index is 13.3. The van der Waals surface area contributed by atoms with E-state index in [9.17, 15) is 9.59 Å². The number of hydrogen-bond donors (Lipinski definition) is 0. The molecule has 4 nitrogen and oxygen atoms in total. The van der Waals surface area contributed by atoms with Crippen molar-refractivity contribution in [2.24, 2.45) is 0 Å². The molecular formula is C23H15BrN2O2. The van der Waals surface area contributed by atoms with E-state index in [-0.39, 0.29) is 18.4 Å². The largest absolute Gasteiger partial charge is 0.303 e. The standard InChI is InChI=1S/C23H15BrN2O2/c24-20-21(23(28)25(22(20)27)14-15-8-2-1-3-9-15)26-18-12-6-4-10-16(18)17-11-5-7-13-19(17)26/h1-13H,14H2. The lowest BCUT2D eigenvalue weighted by Gasteiger charge is -2.15. The zero-order valence-electron chi connectivity index (χ0n) is 14.8. The molecule has 5 rings (SSSR count). The number of para-hydroxylation sites is 2. The maximum Gasteiger partial charge on any atom is 0.279 e. The number of carbonyl (C=O) groups is 2. The molecule has 5 heteroatoms. The van der Waals surface area contributed by atoms with Gasteiger partial charge < -0.3 is 4.57 Å². The number of aromatic nitrogens is 1. The van der Waals surface area contributed by atoms with Crippen LogP contribution in [-0.2, 0) is 16.1 Å². The van der Waals surface area contributed by atoms with Gasteiger partial charge in [-0.3, -0.25) is 14.5 Å². The van der Waals surface area contributed by atoms with Gasteiger partial charge in [0.2, 0.25) is 0 Å². The zero-order chi connectivity index (χ0) is 19.3. The Morgan fingerprint density at radius 3 is 1.82 bits per heavy atom. The maximum absolute atomic E-state index is 13.3. The van der Waals surface area contributed by atoms with E-state index in [1.54, 1.807) is 0 Å². The molecule has 4 aromatic rings. The summed E-state index contributed by atoms with van der Waals surface area (Å²) in [5.74, 6) is -0.613. The second-order valence-corrected chi connectivity index (χ2v) is 7.51. The summed E-state index contributed by atoms with van der Waals surface area (Å²) in [5.41, 5.74) is 3.07. The molecule has 0 saturated heterocycles. The van der Waals surface area contributed by atoms with Crippen molar-refractivity contribution in [3.63, 3.8) is 0 Å². The van der Waals surface area contributed by atoms with Crippen molar-refractivity contribution in [2.75, 3.05) is 0 Å². The molecule has 28 heavy (non-hydrogen) atoms. The summed E-state index contributed by atoms with van der Waals surface area (Å²) >= 11 is 3.40. The first-order valence-electron chi connectivity index (χ1n) is 8.95. The average Bonchev–Trinajstić information content (AvgIpc) is 3.16. The molecule has 0 spiro atoms. The highest BCUT2D eigenvalue weighted by molar-refractivity contribution is 9.12. The van der Waals surface area contributed by atoms with Crippen LogP contribution in [0.2, 0.25) is 0 Å². The number of rotatable bonds is 3. The van der Waals surface area contributed by atoms with Crippen molar-refractivity contribution < 1.29 is 9.59 Å². The Bertz CT molecular complexity index is 1230.